The van der Waals surface area contributed by atoms with Crippen LogP contribution in [0.15, 0.2) is 12.1 Å². The first-order chi connectivity index (χ1) is 9.67. The van der Waals surface area contributed by atoms with Crippen molar-refractivity contribution in [2.45, 2.75) is 58.5 Å². The van der Waals surface area contributed by atoms with E-state index in [2.05, 4.69) is 38.2 Å². The van der Waals surface area contributed by atoms with Crippen LogP contribution in [-0.4, -0.2) is 11.0 Å². The second-order valence-corrected chi connectivity index (χ2v) is 8.00. The number of rotatable bonds is 5. The number of hydrogen-bond donors (Lipinski definition) is 1. The average molecular weight is 307 g/mol. The van der Waals surface area contributed by atoms with Crippen molar-refractivity contribution in [3.63, 3.8) is 0 Å². The minimum absolute atomic E-state index is 0.274. The summed E-state index contributed by atoms with van der Waals surface area (Å²) in [5, 5.41) is 4.95. The van der Waals surface area contributed by atoms with Crippen molar-refractivity contribution < 1.29 is 0 Å². The first-order valence-electron chi connectivity index (χ1n) is 7.50. The molecule has 0 bridgehead atoms. The summed E-state index contributed by atoms with van der Waals surface area (Å²) in [4.78, 5) is 9.30. The molecule has 0 aliphatic heterocycles. The van der Waals surface area contributed by atoms with Crippen LogP contribution >= 0.6 is 22.7 Å². The van der Waals surface area contributed by atoms with E-state index < -0.39 is 0 Å². The zero-order valence-electron chi connectivity index (χ0n) is 12.4. The van der Waals surface area contributed by atoms with E-state index in [0.29, 0.717) is 6.04 Å². The largest absolute Gasteiger partial charge is 0.301 e. The third kappa shape index (κ3) is 2.83. The Morgan fingerprint density at radius 2 is 2.10 bits per heavy atom. The maximum absolute atomic E-state index is 4.92. The van der Waals surface area contributed by atoms with Crippen LogP contribution in [-0.2, 0) is 19.3 Å². The molecule has 2 nitrogen and oxygen atoms in total. The summed E-state index contributed by atoms with van der Waals surface area (Å²) >= 11 is 3.84. The van der Waals surface area contributed by atoms with Gasteiger partial charge in [0.25, 0.3) is 0 Å². The quantitative estimate of drug-likeness (QED) is 0.888. The highest BCUT2D eigenvalue weighted by Crippen LogP contribution is 2.35. The fraction of sp³-hybridized carbons (Fsp3) is 0.562. The van der Waals surface area contributed by atoms with Gasteiger partial charge in [-0.15, -0.1) is 22.7 Å². The Kier molecular flexibility index (Phi) is 4.24. The van der Waals surface area contributed by atoms with Gasteiger partial charge in [-0.3, -0.25) is 0 Å². The molecular formula is C16H22N2S2. The number of fused-ring (bicyclic) bond motifs is 1. The van der Waals surface area contributed by atoms with Crippen LogP contribution in [0.1, 0.15) is 58.6 Å². The van der Waals surface area contributed by atoms with E-state index in [9.17, 15) is 0 Å². The van der Waals surface area contributed by atoms with E-state index in [-0.39, 0.29) is 6.04 Å². The summed E-state index contributed by atoms with van der Waals surface area (Å²) < 4.78 is 0. The molecule has 0 fully saturated rings. The van der Waals surface area contributed by atoms with Crippen molar-refractivity contribution in [2.24, 2.45) is 0 Å². The summed E-state index contributed by atoms with van der Waals surface area (Å²) in [6.45, 7) is 6.64. The van der Waals surface area contributed by atoms with E-state index in [4.69, 9.17) is 4.98 Å². The van der Waals surface area contributed by atoms with E-state index >= 15 is 0 Å². The molecule has 2 aromatic heterocycles. The summed E-state index contributed by atoms with van der Waals surface area (Å²) in [6.07, 6.45) is 4.81. The third-order valence-corrected chi connectivity index (χ3v) is 6.19. The minimum atomic E-state index is 0.274. The number of aryl methyl sites for hydroxylation is 3. The normalized spacial score (nSPS) is 15.8. The standard InChI is InChI=1S/C16H22N2S2/c1-4-11-8-9-14(19-11)15(17-10(2)3)16-18-12-6-5-7-13(12)20-16/h8-10,15,17H,4-7H2,1-3H3. The Labute approximate surface area is 129 Å². The average Bonchev–Trinajstić information content (AvgIpc) is 3.10. The Balaban J connectivity index is 1.92. The molecule has 0 saturated carbocycles. The van der Waals surface area contributed by atoms with Gasteiger partial charge in [-0.05, 0) is 51.7 Å². The molecule has 1 N–H and O–H groups in total. The molecule has 2 heterocycles. The van der Waals surface area contributed by atoms with Crippen molar-refractivity contribution in [3.05, 3.63) is 37.5 Å². The van der Waals surface area contributed by atoms with Crippen molar-refractivity contribution >= 4 is 22.7 Å². The van der Waals surface area contributed by atoms with Gasteiger partial charge in [0, 0.05) is 20.7 Å². The van der Waals surface area contributed by atoms with Gasteiger partial charge in [-0.1, -0.05) is 6.92 Å². The maximum atomic E-state index is 4.92. The van der Waals surface area contributed by atoms with E-state index in [1.807, 2.05) is 22.7 Å². The van der Waals surface area contributed by atoms with Gasteiger partial charge < -0.3 is 5.32 Å². The molecule has 1 unspecified atom stereocenters. The lowest BCUT2D eigenvalue weighted by atomic mass is 10.2. The van der Waals surface area contributed by atoms with Gasteiger partial charge in [0.2, 0.25) is 0 Å². The molecule has 2 aromatic rings. The van der Waals surface area contributed by atoms with Gasteiger partial charge in [-0.2, -0.15) is 0 Å². The van der Waals surface area contributed by atoms with E-state index in [1.54, 1.807) is 0 Å². The molecule has 1 aliphatic rings. The Morgan fingerprint density at radius 1 is 1.25 bits per heavy atom. The van der Waals surface area contributed by atoms with Crippen LogP contribution in [0.4, 0.5) is 0 Å². The first kappa shape index (κ1) is 14.2. The van der Waals surface area contributed by atoms with Crippen LogP contribution in [0.25, 0.3) is 0 Å². The summed E-state index contributed by atoms with van der Waals surface area (Å²) in [7, 11) is 0. The number of thiazole rings is 1. The molecule has 0 amide bonds. The number of nitrogens with zero attached hydrogens (tertiary/aromatic N) is 1. The molecule has 0 saturated heterocycles. The zero-order chi connectivity index (χ0) is 14.1. The molecule has 0 aromatic carbocycles. The van der Waals surface area contributed by atoms with E-state index in [0.717, 1.165) is 6.42 Å². The number of thiophene rings is 1. The third-order valence-electron chi connectivity index (χ3n) is 3.67. The summed E-state index contributed by atoms with van der Waals surface area (Å²) in [6, 6.07) is 5.27. The number of hydrogen-bond acceptors (Lipinski definition) is 4. The van der Waals surface area contributed by atoms with Gasteiger partial charge in [0.15, 0.2) is 0 Å². The molecule has 108 valence electrons. The van der Waals surface area contributed by atoms with Crippen LogP contribution in [0.2, 0.25) is 0 Å². The maximum Gasteiger partial charge on any atom is 0.116 e. The molecule has 20 heavy (non-hydrogen) atoms. The van der Waals surface area contributed by atoms with Crippen molar-refractivity contribution in [2.75, 3.05) is 0 Å². The second-order valence-electron chi connectivity index (χ2n) is 5.69. The molecule has 0 spiro atoms. The highest BCUT2D eigenvalue weighted by Gasteiger charge is 2.24. The van der Waals surface area contributed by atoms with Crippen LogP contribution in [0, 0.1) is 0 Å². The van der Waals surface area contributed by atoms with Gasteiger partial charge in [-0.25, -0.2) is 4.98 Å². The molecule has 1 aliphatic carbocycles. The number of aromatic nitrogens is 1. The molecule has 1 atom stereocenters. The zero-order valence-corrected chi connectivity index (χ0v) is 14.0. The summed E-state index contributed by atoms with van der Waals surface area (Å²) in [5.41, 5.74) is 1.35. The highest BCUT2D eigenvalue weighted by molar-refractivity contribution is 7.13. The molecule has 4 heteroatoms. The fourth-order valence-electron chi connectivity index (χ4n) is 2.68. The predicted molar refractivity (Wildman–Crippen MR) is 88.0 cm³/mol. The SMILES string of the molecule is CCc1ccc(C(NC(C)C)c2nc3c(s2)CCC3)s1. The van der Waals surface area contributed by atoms with Crippen LogP contribution in [0.3, 0.4) is 0 Å². The molecule has 3 rings (SSSR count). The first-order valence-corrected chi connectivity index (χ1v) is 9.13. The smallest absolute Gasteiger partial charge is 0.116 e. The Hall–Kier alpha value is -0.710. The fourth-order valence-corrected chi connectivity index (χ4v) is 5.01. The number of nitrogens with one attached hydrogen (secondary N) is 1. The second kappa shape index (κ2) is 5.96. The van der Waals surface area contributed by atoms with Gasteiger partial charge in [0.05, 0.1) is 11.7 Å². The highest BCUT2D eigenvalue weighted by atomic mass is 32.1. The topological polar surface area (TPSA) is 24.9 Å². The molecular weight excluding hydrogens is 284 g/mol. The van der Waals surface area contributed by atoms with E-state index in [1.165, 1.54) is 44.6 Å². The van der Waals surface area contributed by atoms with Crippen LogP contribution in [0.5, 0.6) is 0 Å². The van der Waals surface area contributed by atoms with Crippen molar-refractivity contribution in [3.8, 4) is 0 Å². The summed E-state index contributed by atoms with van der Waals surface area (Å²) in [5.74, 6) is 0. The minimum Gasteiger partial charge on any atom is -0.301 e. The Morgan fingerprint density at radius 3 is 2.75 bits per heavy atom. The van der Waals surface area contributed by atoms with Crippen molar-refractivity contribution in [1.29, 1.82) is 0 Å². The van der Waals surface area contributed by atoms with Gasteiger partial charge in [0.1, 0.15) is 5.01 Å². The monoisotopic (exact) mass is 306 g/mol. The lowest BCUT2D eigenvalue weighted by Gasteiger charge is -2.18. The van der Waals surface area contributed by atoms with Gasteiger partial charge >= 0.3 is 0 Å². The lowest BCUT2D eigenvalue weighted by molar-refractivity contribution is 0.531. The van der Waals surface area contributed by atoms with Crippen LogP contribution < -0.4 is 5.32 Å². The predicted octanol–water partition coefficient (Wildman–Crippen LogP) is 4.34. The lowest BCUT2D eigenvalue weighted by Crippen LogP contribution is -2.28. The van der Waals surface area contributed by atoms with Crippen molar-refractivity contribution in [1.82, 2.24) is 10.3 Å². The Bertz CT molecular complexity index is 562. The molecule has 0 radical (unpaired) electrons.